The number of carbonyl (C=O) groups is 1. The Morgan fingerprint density at radius 2 is 1.95 bits per heavy atom. The lowest BCUT2D eigenvalue weighted by Gasteiger charge is -2.15. The second kappa shape index (κ2) is 7.25. The molecule has 5 nitrogen and oxygen atoms in total. The zero-order valence-electron chi connectivity index (χ0n) is 11.5. The van der Waals surface area contributed by atoms with Crippen molar-refractivity contribution in [2.24, 2.45) is 0 Å². The third kappa shape index (κ3) is 4.04. The molecule has 0 spiro atoms. The van der Waals surface area contributed by atoms with Crippen LogP contribution in [0.4, 0.5) is 0 Å². The van der Waals surface area contributed by atoms with Gasteiger partial charge in [-0.1, -0.05) is 0 Å². The van der Waals surface area contributed by atoms with E-state index < -0.39 is 12.0 Å². The average Bonchev–Trinajstić information content (AvgIpc) is 2.43. The van der Waals surface area contributed by atoms with Crippen LogP contribution in [0.3, 0.4) is 0 Å². The molecule has 0 radical (unpaired) electrons. The van der Waals surface area contributed by atoms with Crippen LogP contribution in [0.25, 0.3) is 0 Å². The summed E-state index contributed by atoms with van der Waals surface area (Å²) in [5, 5.41) is 11.8. The van der Waals surface area contributed by atoms with Crippen LogP contribution in [0.5, 0.6) is 11.5 Å². The van der Waals surface area contributed by atoms with Gasteiger partial charge in [-0.05, 0) is 30.9 Å². The molecule has 106 valence electrons. The maximum absolute atomic E-state index is 10.8. The van der Waals surface area contributed by atoms with Crippen molar-refractivity contribution in [3.63, 3.8) is 0 Å². The van der Waals surface area contributed by atoms with Gasteiger partial charge in [0.1, 0.15) is 6.04 Å². The van der Waals surface area contributed by atoms with Crippen LogP contribution in [0.15, 0.2) is 17.0 Å². The molecule has 0 heterocycles. The number of hydrogen-bond donors (Lipinski definition) is 2. The van der Waals surface area contributed by atoms with Gasteiger partial charge >= 0.3 is 5.97 Å². The fourth-order valence-electron chi connectivity index (χ4n) is 1.58. The monoisotopic (exact) mass is 285 g/mol. The minimum atomic E-state index is -0.869. The van der Waals surface area contributed by atoms with Crippen molar-refractivity contribution in [3.05, 3.63) is 17.7 Å². The van der Waals surface area contributed by atoms with E-state index in [2.05, 4.69) is 5.32 Å². The second-order valence-electron chi connectivity index (χ2n) is 3.96. The smallest absolute Gasteiger partial charge is 0.320 e. The summed E-state index contributed by atoms with van der Waals surface area (Å²) in [6, 6.07) is 3.17. The summed E-state index contributed by atoms with van der Waals surface area (Å²) in [5.74, 6) is 0.438. The highest BCUT2D eigenvalue weighted by Crippen LogP contribution is 2.34. The average molecular weight is 285 g/mol. The van der Waals surface area contributed by atoms with E-state index in [0.717, 1.165) is 10.5 Å². The normalized spacial score (nSPS) is 12.0. The van der Waals surface area contributed by atoms with E-state index in [-0.39, 0.29) is 0 Å². The van der Waals surface area contributed by atoms with Crippen LogP contribution in [0.2, 0.25) is 0 Å². The van der Waals surface area contributed by atoms with E-state index in [4.69, 9.17) is 14.6 Å². The van der Waals surface area contributed by atoms with Gasteiger partial charge in [-0.15, -0.1) is 11.8 Å². The van der Waals surface area contributed by atoms with E-state index in [1.807, 2.05) is 18.4 Å². The first-order chi connectivity index (χ1) is 9.03. The van der Waals surface area contributed by atoms with Crippen molar-refractivity contribution in [1.82, 2.24) is 5.32 Å². The van der Waals surface area contributed by atoms with Crippen molar-refractivity contribution >= 4 is 17.7 Å². The summed E-state index contributed by atoms with van der Waals surface area (Å²) < 4.78 is 10.5. The molecule has 1 unspecified atom stereocenters. The Bertz CT molecular complexity index is 451. The summed E-state index contributed by atoms with van der Waals surface area (Å²) in [4.78, 5) is 11.8. The molecule has 0 aliphatic carbocycles. The number of thioether (sulfide) groups is 1. The third-order valence-corrected chi connectivity index (χ3v) is 3.58. The lowest BCUT2D eigenvalue weighted by molar-refractivity contribution is -0.139. The Labute approximate surface area is 117 Å². The molecule has 19 heavy (non-hydrogen) atoms. The second-order valence-corrected chi connectivity index (χ2v) is 4.81. The molecule has 1 rings (SSSR count). The van der Waals surface area contributed by atoms with Crippen LogP contribution < -0.4 is 14.8 Å². The highest BCUT2D eigenvalue weighted by Gasteiger charge is 2.14. The predicted molar refractivity (Wildman–Crippen MR) is 75.3 cm³/mol. The number of carboxylic acid groups (broad SMARTS) is 1. The fourth-order valence-corrected chi connectivity index (χ4v) is 2.20. The first-order valence-corrected chi connectivity index (χ1v) is 7.01. The van der Waals surface area contributed by atoms with Crippen LogP contribution in [0, 0.1) is 0 Å². The van der Waals surface area contributed by atoms with Crippen LogP contribution in [0.1, 0.15) is 12.5 Å². The maximum atomic E-state index is 10.8. The van der Waals surface area contributed by atoms with E-state index in [9.17, 15) is 4.79 Å². The number of aliphatic carboxylic acids is 1. The zero-order chi connectivity index (χ0) is 14.4. The molecular weight excluding hydrogens is 266 g/mol. The molecule has 0 amide bonds. The highest BCUT2D eigenvalue weighted by molar-refractivity contribution is 7.98. The zero-order valence-corrected chi connectivity index (χ0v) is 12.3. The lowest BCUT2D eigenvalue weighted by Crippen LogP contribution is -2.33. The highest BCUT2D eigenvalue weighted by atomic mass is 32.2. The lowest BCUT2D eigenvalue weighted by atomic mass is 10.2. The number of carboxylic acids is 1. The van der Waals surface area contributed by atoms with Crippen molar-refractivity contribution in [2.75, 3.05) is 20.5 Å². The van der Waals surface area contributed by atoms with E-state index in [0.29, 0.717) is 18.0 Å². The molecule has 0 aliphatic rings. The standard InChI is InChI=1S/C13H19NO4S/c1-8(13(15)16)14-7-9-5-10(17-2)11(18-3)6-12(9)19-4/h5-6,8,14H,7H2,1-4H3,(H,15,16). The summed E-state index contributed by atoms with van der Waals surface area (Å²) in [5.41, 5.74) is 0.984. The van der Waals surface area contributed by atoms with Gasteiger partial charge in [-0.2, -0.15) is 0 Å². The fraction of sp³-hybridized carbons (Fsp3) is 0.462. The topological polar surface area (TPSA) is 67.8 Å². The molecule has 0 aliphatic heterocycles. The summed E-state index contributed by atoms with van der Waals surface area (Å²) in [7, 11) is 3.17. The third-order valence-electron chi connectivity index (χ3n) is 2.76. The number of benzene rings is 1. The Morgan fingerprint density at radius 3 is 2.42 bits per heavy atom. The van der Waals surface area contributed by atoms with Gasteiger partial charge in [-0.25, -0.2) is 0 Å². The van der Waals surface area contributed by atoms with Gasteiger partial charge in [0.15, 0.2) is 11.5 Å². The first-order valence-electron chi connectivity index (χ1n) is 5.78. The van der Waals surface area contributed by atoms with Crippen molar-refractivity contribution in [2.45, 2.75) is 24.4 Å². The molecule has 0 saturated heterocycles. The maximum Gasteiger partial charge on any atom is 0.320 e. The van der Waals surface area contributed by atoms with E-state index in [1.165, 1.54) is 0 Å². The Balaban J connectivity index is 2.95. The van der Waals surface area contributed by atoms with Crippen molar-refractivity contribution in [1.29, 1.82) is 0 Å². The molecule has 6 heteroatoms. The summed E-state index contributed by atoms with van der Waals surface area (Å²) in [6.45, 7) is 2.08. The van der Waals surface area contributed by atoms with Crippen LogP contribution in [-0.4, -0.2) is 37.6 Å². The minimum Gasteiger partial charge on any atom is -0.493 e. The first kappa shape index (κ1) is 15.7. The van der Waals surface area contributed by atoms with Gasteiger partial charge in [0.05, 0.1) is 14.2 Å². The van der Waals surface area contributed by atoms with Gasteiger partial charge in [0, 0.05) is 11.4 Å². The van der Waals surface area contributed by atoms with Gasteiger partial charge < -0.3 is 19.9 Å². The summed E-state index contributed by atoms with van der Waals surface area (Å²) in [6.07, 6.45) is 1.96. The molecule has 0 saturated carbocycles. The molecule has 1 aromatic carbocycles. The SMILES string of the molecule is COc1cc(CNC(C)C(=O)O)c(SC)cc1OC. The number of ether oxygens (including phenoxy) is 2. The molecular formula is C13H19NO4S. The Morgan fingerprint density at radius 1 is 1.37 bits per heavy atom. The molecule has 0 aromatic heterocycles. The molecule has 2 N–H and O–H groups in total. The van der Waals surface area contributed by atoms with Gasteiger partial charge in [-0.3, -0.25) is 4.79 Å². The van der Waals surface area contributed by atoms with Gasteiger partial charge in [0.25, 0.3) is 0 Å². The summed E-state index contributed by atoms with van der Waals surface area (Å²) >= 11 is 1.58. The van der Waals surface area contributed by atoms with Crippen LogP contribution >= 0.6 is 11.8 Å². The molecule has 0 bridgehead atoms. The molecule has 0 fully saturated rings. The minimum absolute atomic E-state index is 0.462. The van der Waals surface area contributed by atoms with Crippen molar-refractivity contribution in [3.8, 4) is 11.5 Å². The molecule has 1 atom stereocenters. The van der Waals surface area contributed by atoms with Crippen LogP contribution in [-0.2, 0) is 11.3 Å². The van der Waals surface area contributed by atoms with Gasteiger partial charge in [0.2, 0.25) is 0 Å². The number of rotatable bonds is 7. The Hall–Kier alpha value is -1.40. The molecule has 1 aromatic rings. The number of nitrogens with one attached hydrogen (secondary N) is 1. The van der Waals surface area contributed by atoms with E-state index in [1.54, 1.807) is 32.9 Å². The quantitative estimate of drug-likeness (QED) is 0.747. The predicted octanol–water partition coefficient (Wildman–Crippen LogP) is 1.99. The van der Waals surface area contributed by atoms with E-state index >= 15 is 0 Å². The largest absolute Gasteiger partial charge is 0.493 e. The van der Waals surface area contributed by atoms with Crippen molar-refractivity contribution < 1.29 is 19.4 Å². The number of hydrogen-bond acceptors (Lipinski definition) is 5. The number of methoxy groups -OCH3 is 2. The Kier molecular flexibility index (Phi) is 5.98.